The third-order valence-electron chi connectivity index (χ3n) is 5.41. The van der Waals surface area contributed by atoms with Crippen molar-refractivity contribution in [1.29, 1.82) is 0 Å². The van der Waals surface area contributed by atoms with Crippen LogP contribution in [-0.2, 0) is 17.9 Å². The van der Waals surface area contributed by atoms with Gasteiger partial charge in [-0.2, -0.15) is 0 Å². The van der Waals surface area contributed by atoms with Gasteiger partial charge >= 0.3 is 0 Å². The number of nitrogens with zero attached hydrogens (tertiary/aromatic N) is 2. The van der Waals surface area contributed by atoms with Gasteiger partial charge in [-0.25, -0.2) is 0 Å². The smallest absolute Gasteiger partial charge is 0.247 e. The van der Waals surface area contributed by atoms with Gasteiger partial charge in [-0.1, -0.05) is 59.8 Å². The molecule has 2 aromatic carbocycles. The Bertz CT molecular complexity index is 947. The van der Waals surface area contributed by atoms with Crippen molar-refractivity contribution >= 4 is 11.7 Å². The van der Waals surface area contributed by atoms with Crippen molar-refractivity contribution in [3.8, 4) is 0 Å². The molecule has 1 fully saturated rings. The molecule has 0 aliphatic carbocycles. The zero-order valence-corrected chi connectivity index (χ0v) is 17.3. The van der Waals surface area contributed by atoms with Crippen LogP contribution < -0.4 is 10.6 Å². The summed E-state index contributed by atoms with van der Waals surface area (Å²) in [6.45, 7) is 5.79. The van der Waals surface area contributed by atoms with Gasteiger partial charge in [0.05, 0.1) is 0 Å². The predicted molar refractivity (Wildman–Crippen MR) is 117 cm³/mol. The molecule has 0 saturated carbocycles. The highest BCUT2D eigenvalue weighted by Crippen LogP contribution is 2.18. The Morgan fingerprint density at radius 3 is 2.43 bits per heavy atom. The van der Waals surface area contributed by atoms with Crippen LogP contribution in [0.2, 0.25) is 0 Å². The Morgan fingerprint density at radius 2 is 1.77 bits per heavy atom. The first kappa shape index (κ1) is 20.3. The van der Waals surface area contributed by atoms with Gasteiger partial charge < -0.3 is 9.84 Å². The van der Waals surface area contributed by atoms with Crippen LogP contribution in [0.4, 0.5) is 5.82 Å². The van der Waals surface area contributed by atoms with E-state index in [1.807, 2.05) is 30.3 Å². The number of hydrogen-bond acceptors (Lipinski definition) is 5. The first-order valence-electron chi connectivity index (χ1n) is 10.5. The summed E-state index contributed by atoms with van der Waals surface area (Å²) in [5.74, 6) is 0.912. The van der Waals surface area contributed by atoms with E-state index in [9.17, 15) is 4.79 Å². The second kappa shape index (κ2) is 9.69. The maximum atomic E-state index is 12.9. The van der Waals surface area contributed by atoms with Gasteiger partial charge in [0.1, 0.15) is 11.8 Å². The number of rotatable bonds is 8. The monoisotopic (exact) mass is 404 g/mol. The number of aryl methyl sites for hydroxylation is 1. The Kier molecular flexibility index (Phi) is 6.57. The number of carbonyl (C=O) groups is 1. The lowest BCUT2D eigenvalue weighted by molar-refractivity contribution is -0.118. The number of hydrogen-bond donors (Lipinski definition) is 2. The summed E-state index contributed by atoms with van der Waals surface area (Å²) in [5.41, 5.74) is 3.38. The molecule has 30 heavy (non-hydrogen) atoms. The molecule has 6 nitrogen and oxygen atoms in total. The lowest BCUT2D eigenvalue weighted by Crippen LogP contribution is -2.32. The molecule has 1 unspecified atom stereocenters. The first-order chi connectivity index (χ1) is 14.7. The molecule has 0 bridgehead atoms. The minimum atomic E-state index is -0.493. The van der Waals surface area contributed by atoms with E-state index in [1.165, 1.54) is 31.5 Å². The van der Waals surface area contributed by atoms with Crippen LogP contribution in [-0.4, -0.2) is 29.1 Å². The molecule has 2 N–H and O–H groups in total. The lowest BCUT2D eigenvalue weighted by Gasteiger charge is -2.19. The van der Waals surface area contributed by atoms with E-state index in [4.69, 9.17) is 4.52 Å². The topological polar surface area (TPSA) is 70.4 Å². The average molecular weight is 405 g/mol. The van der Waals surface area contributed by atoms with E-state index in [0.717, 1.165) is 17.7 Å². The van der Waals surface area contributed by atoms with E-state index in [2.05, 4.69) is 45.0 Å². The minimum absolute atomic E-state index is 0.167. The fourth-order valence-corrected chi connectivity index (χ4v) is 3.81. The summed E-state index contributed by atoms with van der Waals surface area (Å²) in [6, 6.07) is 19.6. The van der Waals surface area contributed by atoms with E-state index in [1.54, 1.807) is 13.0 Å². The second-order valence-electron chi connectivity index (χ2n) is 7.84. The third kappa shape index (κ3) is 5.34. The maximum Gasteiger partial charge on any atom is 0.247 e. The molecule has 0 radical (unpaired) electrons. The van der Waals surface area contributed by atoms with Crippen molar-refractivity contribution in [2.24, 2.45) is 0 Å². The van der Waals surface area contributed by atoms with Crippen LogP contribution in [0.5, 0.6) is 0 Å². The molecule has 2 heterocycles. The van der Waals surface area contributed by atoms with Crippen LogP contribution in [0.25, 0.3) is 0 Å². The fourth-order valence-electron chi connectivity index (χ4n) is 3.81. The molecule has 4 rings (SSSR count). The Balaban J connectivity index is 1.40. The van der Waals surface area contributed by atoms with Crippen LogP contribution in [0, 0.1) is 6.92 Å². The van der Waals surface area contributed by atoms with Crippen molar-refractivity contribution in [3.05, 3.63) is 83.1 Å². The lowest BCUT2D eigenvalue weighted by atomic mass is 10.1. The molecular weight excluding hydrogens is 376 g/mol. The van der Waals surface area contributed by atoms with Gasteiger partial charge in [-0.05, 0) is 49.5 Å². The second-order valence-corrected chi connectivity index (χ2v) is 7.84. The summed E-state index contributed by atoms with van der Waals surface area (Å²) in [7, 11) is 0. The average Bonchev–Trinajstić information content (AvgIpc) is 3.42. The van der Waals surface area contributed by atoms with Gasteiger partial charge in [-0.15, -0.1) is 0 Å². The SMILES string of the molecule is Cc1cc(NC(=O)C(NCc2ccc(CN3CCCC3)cc2)c2ccccc2)no1. The highest BCUT2D eigenvalue weighted by molar-refractivity contribution is 5.94. The quantitative estimate of drug-likeness (QED) is 0.593. The molecule has 1 aliphatic rings. The van der Waals surface area contributed by atoms with Crippen molar-refractivity contribution in [1.82, 2.24) is 15.4 Å². The van der Waals surface area contributed by atoms with Crippen LogP contribution >= 0.6 is 0 Å². The van der Waals surface area contributed by atoms with E-state index in [-0.39, 0.29) is 5.91 Å². The molecular formula is C24H28N4O2. The number of nitrogens with one attached hydrogen (secondary N) is 2. The summed E-state index contributed by atoms with van der Waals surface area (Å²) in [5, 5.41) is 10.1. The highest BCUT2D eigenvalue weighted by Gasteiger charge is 2.21. The van der Waals surface area contributed by atoms with Crippen LogP contribution in [0.1, 0.15) is 41.3 Å². The number of amides is 1. The standard InChI is InChI=1S/C24H28N4O2/c1-18-15-22(27-30-18)26-24(29)23(21-7-3-2-4-8-21)25-16-19-9-11-20(12-10-19)17-28-13-5-6-14-28/h2-4,7-12,15,23,25H,5-6,13-14,16-17H2,1H3,(H,26,27,29). The van der Waals surface area contributed by atoms with Gasteiger partial charge in [-0.3, -0.25) is 15.0 Å². The molecule has 156 valence electrons. The molecule has 6 heteroatoms. The van der Waals surface area contributed by atoms with Crippen LogP contribution in [0.3, 0.4) is 0 Å². The molecule has 1 aromatic heterocycles. The summed E-state index contributed by atoms with van der Waals surface area (Å²) >= 11 is 0. The van der Waals surface area contributed by atoms with E-state index < -0.39 is 6.04 Å². The van der Waals surface area contributed by atoms with Gasteiger partial charge in [0.25, 0.3) is 0 Å². The largest absolute Gasteiger partial charge is 0.360 e. The summed E-state index contributed by atoms with van der Waals surface area (Å²) < 4.78 is 5.05. The molecule has 1 aliphatic heterocycles. The number of aromatic nitrogens is 1. The van der Waals surface area contributed by atoms with Crippen molar-refractivity contribution in [3.63, 3.8) is 0 Å². The molecule has 1 saturated heterocycles. The Labute approximate surface area is 177 Å². The Morgan fingerprint density at radius 1 is 1.07 bits per heavy atom. The van der Waals surface area contributed by atoms with Crippen LogP contribution in [0.15, 0.2) is 65.2 Å². The van der Waals surface area contributed by atoms with Crippen molar-refractivity contribution in [2.45, 2.75) is 38.9 Å². The zero-order valence-electron chi connectivity index (χ0n) is 17.3. The molecule has 1 amide bonds. The highest BCUT2D eigenvalue weighted by atomic mass is 16.5. The van der Waals surface area contributed by atoms with E-state index >= 15 is 0 Å². The summed E-state index contributed by atoms with van der Waals surface area (Å²) in [4.78, 5) is 15.4. The summed E-state index contributed by atoms with van der Waals surface area (Å²) in [6.07, 6.45) is 2.61. The fraction of sp³-hybridized carbons (Fsp3) is 0.333. The van der Waals surface area contributed by atoms with Gasteiger partial charge in [0.2, 0.25) is 5.91 Å². The van der Waals surface area contributed by atoms with E-state index in [0.29, 0.717) is 18.1 Å². The van der Waals surface area contributed by atoms with Crippen molar-refractivity contribution in [2.75, 3.05) is 18.4 Å². The number of likely N-dealkylation sites (tertiary alicyclic amines) is 1. The predicted octanol–water partition coefficient (Wildman–Crippen LogP) is 4.05. The normalized spacial score (nSPS) is 15.2. The Hall–Kier alpha value is -2.96. The zero-order chi connectivity index (χ0) is 20.8. The van der Waals surface area contributed by atoms with Gasteiger partial charge in [0.15, 0.2) is 5.82 Å². The molecule has 0 spiro atoms. The van der Waals surface area contributed by atoms with Crippen molar-refractivity contribution < 1.29 is 9.32 Å². The minimum Gasteiger partial charge on any atom is -0.360 e. The first-order valence-corrected chi connectivity index (χ1v) is 10.5. The number of benzene rings is 2. The maximum absolute atomic E-state index is 12.9. The number of anilines is 1. The molecule has 3 aromatic rings. The third-order valence-corrected chi connectivity index (χ3v) is 5.41. The number of carbonyl (C=O) groups excluding carboxylic acids is 1. The molecule has 1 atom stereocenters. The van der Waals surface area contributed by atoms with Gasteiger partial charge in [0, 0.05) is 19.2 Å².